The Bertz CT molecular complexity index is 379. The van der Waals surface area contributed by atoms with Crippen molar-refractivity contribution in [3.05, 3.63) is 29.9 Å². The lowest BCUT2D eigenvalue weighted by Crippen LogP contribution is -2.10. The van der Waals surface area contributed by atoms with Gasteiger partial charge in [-0.2, -0.15) is 0 Å². The number of carboxylic acids is 1. The molecule has 1 aliphatic rings. The van der Waals surface area contributed by atoms with Gasteiger partial charge in [0.2, 0.25) is 5.82 Å². The van der Waals surface area contributed by atoms with Gasteiger partial charge in [-0.25, -0.2) is 9.78 Å². The second-order valence-corrected chi connectivity index (χ2v) is 3.44. The van der Waals surface area contributed by atoms with Crippen LogP contribution in [0.15, 0.2) is 24.0 Å². The highest BCUT2D eigenvalue weighted by molar-refractivity contribution is 5.83. The average Bonchev–Trinajstić information content (AvgIpc) is 2.75. The Balaban J connectivity index is 2.15. The quantitative estimate of drug-likeness (QED) is 0.741. The first-order valence-corrected chi connectivity index (χ1v) is 4.69. The molecule has 0 spiro atoms. The molecule has 1 aromatic rings. The lowest BCUT2D eigenvalue weighted by Gasteiger charge is -2.05. The third-order valence-corrected chi connectivity index (χ3v) is 2.42. The van der Waals surface area contributed by atoms with E-state index < -0.39 is 5.97 Å². The summed E-state index contributed by atoms with van der Waals surface area (Å²) in [5.41, 5.74) is 1.31. The van der Waals surface area contributed by atoms with Crippen molar-refractivity contribution in [2.45, 2.75) is 25.8 Å². The van der Waals surface area contributed by atoms with Crippen molar-refractivity contribution in [2.75, 3.05) is 0 Å². The third kappa shape index (κ3) is 1.69. The fourth-order valence-corrected chi connectivity index (χ4v) is 1.73. The lowest BCUT2D eigenvalue weighted by atomic mass is 10.2. The Labute approximate surface area is 81.9 Å². The fourth-order valence-electron chi connectivity index (χ4n) is 1.73. The summed E-state index contributed by atoms with van der Waals surface area (Å²) in [6, 6.07) is 0. The number of aromatic nitrogens is 2. The van der Waals surface area contributed by atoms with E-state index in [4.69, 9.17) is 5.11 Å². The maximum absolute atomic E-state index is 10.8. The first-order valence-electron chi connectivity index (χ1n) is 4.69. The highest BCUT2D eigenvalue weighted by Crippen LogP contribution is 2.19. The summed E-state index contributed by atoms with van der Waals surface area (Å²) in [4.78, 5) is 14.5. The minimum atomic E-state index is -0.964. The molecule has 0 aliphatic heterocycles. The van der Waals surface area contributed by atoms with Crippen LogP contribution in [0.1, 0.15) is 29.9 Å². The molecule has 0 bridgehead atoms. The van der Waals surface area contributed by atoms with E-state index in [0.717, 1.165) is 12.8 Å². The van der Waals surface area contributed by atoms with Crippen LogP contribution in [0.5, 0.6) is 0 Å². The summed E-state index contributed by atoms with van der Waals surface area (Å²) >= 11 is 0. The van der Waals surface area contributed by atoms with Crippen LogP contribution < -0.4 is 0 Å². The van der Waals surface area contributed by atoms with E-state index in [-0.39, 0.29) is 5.82 Å². The molecule has 0 unspecified atom stereocenters. The number of rotatable bonds is 3. The van der Waals surface area contributed by atoms with Gasteiger partial charge in [0, 0.05) is 18.9 Å². The van der Waals surface area contributed by atoms with Crippen LogP contribution in [0.25, 0.3) is 0 Å². The Morgan fingerprint density at radius 1 is 1.64 bits per heavy atom. The number of hydrogen-bond donors (Lipinski definition) is 1. The van der Waals surface area contributed by atoms with E-state index in [1.54, 1.807) is 10.8 Å². The number of aromatic carboxylic acids is 1. The van der Waals surface area contributed by atoms with E-state index in [1.165, 1.54) is 18.2 Å². The van der Waals surface area contributed by atoms with Crippen LogP contribution in [0.3, 0.4) is 0 Å². The summed E-state index contributed by atoms with van der Waals surface area (Å²) < 4.78 is 1.68. The van der Waals surface area contributed by atoms with Crippen molar-refractivity contribution in [3.8, 4) is 0 Å². The van der Waals surface area contributed by atoms with Crippen molar-refractivity contribution in [3.63, 3.8) is 0 Å². The van der Waals surface area contributed by atoms with Crippen LogP contribution in [0, 0.1) is 0 Å². The first kappa shape index (κ1) is 8.99. The Morgan fingerprint density at radius 2 is 2.50 bits per heavy atom. The predicted octanol–water partition coefficient (Wildman–Crippen LogP) is 1.69. The number of carbonyl (C=O) groups is 1. The van der Waals surface area contributed by atoms with Crippen molar-refractivity contribution in [1.29, 1.82) is 0 Å². The Hall–Kier alpha value is -1.58. The molecule has 1 N–H and O–H groups in total. The van der Waals surface area contributed by atoms with Crippen molar-refractivity contribution in [2.24, 2.45) is 0 Å². The van der Waals surface area contributed by atoms with Gasteiger partial charge in [0.15, 0.2) is 0 Å². The molecular weight excluding hydrogens is 180 g/mol. The molecule has 14 heavy (non-hydrogen) atoms. The summed E-state index contributed by atoms with van der Waals surface area (Å²) in [6.07, 6.45) is 8.81. The molecule has 1 aliphatic carbocycles. The minimum Gasteiger partial charge on any atom is -0.475 e. The van der Waals surface area contributed by atoms with Gasteiger partial charge in [-0.05, 0) is 19.3 Å². The molecule has 0 radical (unpaired) electrons. The van der Waals surface area contributed by atoms with E-state index in [9.17, 15) is 4.79 Å². The number of nitrogens with zero attached hydrogens (tertiary/aromatic N) is 2. The summed E-state index contributed by atoms with van der Waals surface area (Å²) in [5, 5.41) is 8.83. The normalized spacial score (nSPS) is 15.6. The zero-order valence-corrected chi connectivity index (χ0v) is 7.81. The molecule has 0 amide bonds. The van der Waals surface area contributed by atoms with Crippen LogP contribution in [-0.4, -0.2) is 20.6 Å². The van der Waals surface area contributed by atoms with Crippen LogP contribution >= 0.6 is 0 Å². The summed E-state index contributed by atoms with van der Waals surface area (Å²) in [7, 11) is 0. The third-order valence-electron chi connectivity index (χ3n) is 2.42. The van der Waals surface area contributed by atoms with Gasteiger partial charge in [0.1, 0.15) is 0 Å². The molecule has 74 valence electrons. The van der Waals surface area contributed by atoms with E-state index in [1.807, 2.05) is 0 Å². The summed E-state index contributed by atoms with van der Waals surface area (Å²) in [5.74, 6) is -0.841. The highest BCUT2D eigenvalue weighted by atomic mass is 16.4. The number of allylic oxidation sites excluding steroid dienone is 2. The zero-order chi connectivity index (χ0) is 9.97. The Kier molecular flexibility index (Phi) is 2.35. The second-order valence-electron chi connectivity index (χ2n) is 3.44. The standard InChI is InChI=1S/C10H12N2O2/c13-10(14)9-11-5-6-12(9)7-8-3-1-2-4-8/h3,5-6H,1-2,4,7H2,(H,13,14). The molecule has 0 saturated heterocycles. The first-order chi connectivity index (χ1) is 6.77. The molecule has 1 aromatic heterocycles. The smallest absolute Gasteiger partial charge is 0.372 e. The molecule has 4 nitrogen and oxygen atoms in total. The molecule has 4 heteroatoms. The fraction of sp³-hybridized carbons (Fsp3) is 0.400. The molecule has 0 aromatic carbocycles. The number of carboxylic acid groups (broad SMARTS) is 1. The van der Waals surface area contributed by atoms with Gasteiger partial charge >= 0.3 is 5.97 Å². The zero-order valence-electron chi connectivity index (χ0n) is 7.81. The average molecular weight is 192 g/mol. The maximum atomic E-state index is 10.8. The molecule has 0 fully saturated rings. The van der Waals surface area contributed by atoms with E-state index in [2.05, 4.69) is 11.1 Å². The van der Waals surface area contributed by atoms with Gasteiger partial charge in [-0.15, -0.1) is 0 Å². The van der Waals surface area contributed by atoms with Gasteiger partial charge in [-0.3, -0.25) is 0 Å². The van der Waals surface area contributed by atoms with Crippen LogP contribution in [-0.2, 0) is 6.54 Å². The van der Waals surface area contributed by atoms with Gasteiger partial charge in [0.25, 0.3) is 0 Å². The maximum Gasteiger partial charge on any atom is 0.372 e. The van der Waals surface area contributed by atoms with Gasteiger partial charge in [0.05, 0.1) is 0 Å². The Morgan fingerprint density at radius 3 is 3.14 bits per heavy atom. The molecule has 0 atom stereocenters. The van der Waals surface area contributed by atoms with Crippen molar-refractivity contribution in [1.82, 2.24) is 9.55 Å². The topological polar surface area (TPSA) is 55.1 Å². The SMILES string of the molecule is O=C(O)c1nccn1CC1=CCCC1. The number of hydrogen-bond acceptors (Lipinski definition) is 2. The molecule has 2 rings (SSSR count). The van der Waals surface area contributed by atoms with Crippen LogP contribution in [0.2, 0.25) is 0 Å². The van der Waals surface area contributed by atoms with Gasteiger partial charge in [-0.1, -0.05) is 11.6 Å². The predicted molar refractivity (Wildman–Crippen MR) is 51.1 cm³/mol. The second kappa shape index (κ2) is 3.65. The monoisotopic (exact) mass is 192 g/mol. The van der Waals surface area contributed by atoms with Crippen molar-refractivity contribution >= 4 is 5.97 Å². The van der Waals surface area contributed by atoms with E-state index in [0.29, 0.717) is 6.54 Å². The van der Waals surface area contributed by atoms with E-state index >= 15 is 0 Å². The highest BCUT2D eigenvalue weighted by Gasteiger charge is 2.12. The molecule has 1 heterocycles. The summed E-state index contributed by atoms with van der Waals surface area (Å²) in [6.45, 7) is 0.668. The molecular formula is C10H12N2O2. The number of imidazole rings is 1. The van der Waals surface area contributed by atoms with Gasteiger partial charge < -0.3 is 9.67 Å². The largest absolute Gasteiger partial charge is 0.475 e. The molecule has 0 saturated carbocycles. The van der Waals surface area contributed by atoms with Crippen LogP contribution in [0.4, 0.5) is 0 Å². The van der Waals surface area contributed by atoms with Crippen molar-refractivity contribution < 1.29 is 9.90 Å². The lowest BCUT2D eigenvalue weighted by molar-refractivity contribution is 0.0678. The minimum absolute atomic E-state index is 0.123.